The number of oxime groups is 1. The number of hydrogen-bond donors (Lipinski definition) is 1. The van der Waals surface area contributed by atoms with Gasteiger partial charge < -0.3 is 14.5 Å². The second-order valence-electron chi connectivity index (χ2n) is 11.4. The molecule has 1 N–H and O–H groups in total. The van der Waals surface area contributed by atoms with Crippen molar-refractivity contribution in [1.29, 1.82) is 0 Å². The van der Waals surface area contributed by atoms with E-state index < -0.39 is 17.2 Å². The summed E-state index contributed by atoms with van der Waals surface area (Å²) >= 11 is 0. The van der Waals surface area contributed by atoms with Gasteiger partial charge >= 0.3 is 5.97 Å². The molecule has 2 aromatic rings. The SMILES string of the molecule is CON=C(C(=O)O)c1nc2ccccc2n(C2C[C@H]3CC[C@@H](C2)N3C2CC3CCCCC(C3)C2)c1=O. The number of carboxylic acids is 1. The van der Waals surface area contributed by atoms with Crippen LogP contribution < -0.4 is 5.56 Å². The van der Waals surface area contributed by atoms with Gasteiger partial charge in [0.1, 0.15) is 7.11 Å². The first-order valence-corrected chi connectivity index (χ1v) is 13.7. The van der Waals surface area contributed by atoms with E-state index in [2.05, 4.69) is 15.0 Å². The van der Waals surface area contributed by atoms with Gasteiger partial charge in [0.2, 0.25) is 5.71 Å². The number of aromatic nitrogens is 2. The van der Waals surface area contributed by atoms with E-state index in [4.69, 9.17) is 4.84 Å². The van der Waals surface area contributed by atoms with Gasteiger partial charge in [0.15, 0.2) is 5.69 Å². The van der Waals surface area contributed by atoms with Crippen LogP contribution in [0.5, 0.6) is 0 Å². The Kier molecular flexibility index (Phi) is 6.32. The predicted octanol–water partition coefficient (Wildman–Crippen LogP) is 4.36. The molecule has 3 unspecified atom stereocenters. The van der Waals surface area contributed by atoms with Gasteiger partial charge in [-0.2, -0.15) is 0 Å². The number of piperidine rings is 1. The van der Waals surface area contributed by atoms with Crippen molar-refractivity contribution in [2.75, 3.05) is 7.11 Å². The molecule has 8 nitrogen and oxygen atoms in total. The van der Waals surface area contributed by atoms with Crippen LogP contribution in [0.3, 0.4) is 0 Å². The molecule has 1 aromatic carbocycles. The van der Waals surface area contributed by atoms with Crippen molar-refractivity contribution >= 4 is 22.7 Å². The van der Waals surface area contributed by atoms with Gasteiger partial charge in [-0.25, -0.2) is 9.78 Å². The maximum Gasteiger partial charge on any atom is 0.360 e. The van der Waals surface area contributed by atoms with Crippen molar-refractivity contribution in [3.8, 4) is 0 Å². The first-order chi connectivity index (χ1) is 17.5. The zero-order valence-electron chi connectivity index (χ0n) is 21.0. The van der Waals surface area contributed by atoms with Gasteiger partial charge in [-0.15, -0.1) is 0 Å². The van der Waals surface area contributed by atoms with Gasteiger partial charge in [0.05, 0.1) is 11.0 Å². The number of carboxylic acid groups (broad SMARTS) is 1. The van der Waals surface area contributed by atoms with Crippen molar-refractivity contribution in [1.82, 2.24) is 14.5 Å². The fourth-order valence-corrected chi connectivity index (χ4v) is 8.05. The highest BCUT2D eigenvalue weighted by molar-refractivity contribution is 6.41. The van der Waals surface area contributed by atoms with Crippen LogP contribution in [-0.2, 0) is 9.63 Å². The average Bonchev–Trinajstić information content (AvgIpc) is 3.02. The summed E-state index contributed by atoms with van der Waals surface area (Å²) in [5, 5.41) is 13.3. The van der Waals surface area contributed by atoms with Crippen LogP contribution in [0.4, 0.5) is 0 Å². The lowest BCUT2D eigenvalue weighted by Gasteiger charge is -2.48. The number of benzene rings is 1. The Hall–Kier alpha value is -2.74. The summed E-state index contributed by atoms with van der Waals surface area (Å²) < 4.78 is 1.81. The van der Waals surface area contributed by atoms with Gasteiger partial charge in [-0.3, -0.25) is 9.69 Å². The molecule has 4 fully saturated rings. The van der Waals surface area contributed by atoms with E-state index in [1.165, 1.54) is 64.9 Å². The minimum Gasteiger partial charge on any atom is -0.476 e. The lowest BCUT2D eigenvalue weighted by atomic mass is 9.76. The normalized spacial score (nSPS) is 32.9. The molecule has 4 aliphatic rings. The summed E-state index contributed by atoms with van der Waals surface area (Å²) in [6.45, 7) is 0. The van der Waals surface area contributed by atoms with E-state index in [9.17, 15) is 14.7 Å². The Labute approximate surface area is 211 Å². The monoisotopic (exact) mass is 492 g/mol. The van der Waals surface area contributed by atoms with E-state index in [-0.39, 0.29) is 11.7 Å². The number of fused-ring (bicyclic) bond motifs is 5. The van der Waals surface area contributed by atoms with Crippen LogP contribution >= 0.6 is 0 Å². The largest absolute Gasteiger partial charge is 0.476 e. The summed E-state index contributed by atoms with van der Waals surface area (Å²) in [6, 6.07) is 9.17. The molecule has 6 rings (SSSR count). The summed E-state index contributed by atoms with van der Waals surface area (Å²) in [4.78, 5) is 37.7. The number of hydrogen-bond acceptors (Lipinski definition) is 6. The Morgan fingerprint density at radius 3 is 2.25 bits per heavy atom. The predicted molar refractivity (Wildman–Crippen MR) is 137 cm³/mol. The van der Waals surface area contributed by atoms with Crippen molar-refractivity contribution in [2.45, 2.75) is 94.8 Å². The number of nitrogens with zero attached hydrogens (tertiary/aromatic N) is 4. The second-order valence-corrected chi connectivity index (χ2v) is 11.4. The fraction of sp³-hybridized carbons (Fsp3) is 0.643. The van der Waals surface area contributed by atoms with Crippen molar-refractivity contribution in [3.05, 3.63) is 40.3 Å². The van der Waals surface area contributed by atoms with Gasteiger partial charge in [-0.05, 0) is 68.9 Å². The zero-order chi connectivity index (χ0) is 24.8. The highest BCUT2D eigenvalue weighted by Crippen LogP contribution is 2.47. The van der Waals surface area contributed by atoms with Gasteiger partial charge in [0, 0.05) is 24.2 Å². The third kappa shape index (κ3) is 4.13. The number of para-hydroxylation sites is 2. The molecule has 2 aliphatic heterocycles. The van der Waals surface area contributed by atoms with Crippen LogP contribution in [-0.4, -0.2) is 56.5 Å². The molecule has 2 saturated heterocycles. The second kappa shape index (κ2) is 9.61. The van der Waals surface area contributed by atoms with E-state index in [1.54, 1.807) is 0 Å². The first-order valence-electron chi connectivity index (χ1n) is 13.7. The smallest absolute Gasteiger partial charge is 0.360 e. The molecule has 5 atom stereocenters. The minimum absolute atomic E-state index is 0.0151. The Bertz CT molecular complexity index is 1210. The average molecular weight is 493 g/mol. The topological polar surface area (TPSA) is 97.0 Å². The number of rotatable bonds is 5. The molecule has 2 saturated carbocycles. The van der Waals surface area contributed by atoms with E-state index in [1.807, 2.05) is 28.8 Å². The van der Waals surface area contributed by atoms with Crippen LogP contribution in [0, 0.1) is 11.8 Å². The van der Waals surface area contributed by atoms with Crippen molar-refractivity contribution in [2.24, 2.45) is 17.0 Å². The molecule has 8 heteroatoms. The summed E-state index contributed by atoms with van der Waals surface area (Å²) in [7, 11) is 1.28. The molecule has 0 radical (unpaired) electrons. The Morgan fingerprint density at radius 1 is 0.944 bits per heavy atom. The lowest BCUT2D eigenvalue weighted by molar-refractivity contribution is -0.129. The van der Waals surface area contributed by atoms with Gasteiger partial charge in [-0.1, -0.05) is 43.0 Å². The standard InChI is InChI=1S/C28H36N4O4/c1-36-30-26(28(34)35)25-27(33)32(24-9-5-4-8-23(24)29-25)22-15-19-10-11-20(16-22)31(19)21-13-17-6-2-3-7-18(12-17)14-21/h4-5,8-9,17-22H,2-3,6-7,10-16H2,1H3,(H,34,35)/t17?,18?,19-,20+,21?,22?. The molecular weight excluding hydrogens is 456 g/mol. The number of carbonyl (C=O) groups is 1. The highest BCUT2D eigenvalue weighted by atomic mass is 16.6. The Balaban J connectivity index is 1.34. The molecule has 0 spiro atoms. The fourth-order valence-electron chi connectivity index (χ4n) is 8.05. The lowest BCUT2D eigenvalue weighted by Crippen LogP contribution is -2.52. The summed E-state index contributed by atoms with van der Waals surface area (Å²) in [5.41, 5.74) is 0.355. The van der Waals surface area contributed by atoms with Crippen LogP contribution in [0.25, 0.3) is 11.0 Å². The first kappa shape index (κ1) is 23.6. The Morgan fingerprint density at radius 2 is 1.61 bits per heavy atom. The molecule has 1 aromatic heterocycles. The van der Waals surface area contributed by atoms with Crippen LogP contribution in [0.2, 0.25) is 0 Å². The van der Waals surface area contributed by atoms with E-state index >= 15 is 0 Å². The zero-order valence-corrected chi connectivity index (χ0v) is 21.0. The maximum absolute atomic E-state index is 13.8. The van der Waals surface area contributed by atoms with Crippen molar-refractivity contribution < 1.29 is 14.7 Å². The summed E-state index contributed by atoms with van der Waals surface area (Å²) in [5.74, 6) is 0.450. The minimum atomic E-state index is -1.32. The third-order valence-corrected chi connectivity index (χ3v) is 9.31. The molecule has 36 heavy (non-hydrogen) atoms. The highest BCUT2D eigenvalue weighted by Gasteiger charge is 2.47. The molecule has 3 heterocycles. The molecule has 192 valence electrons. The molecule has 2 aliphatic carbocycles. The van der Waals surface area contributed by atoms with Crippen molar-refractivity contribution in [3.63, 3.8) is 0 Å². The maximum atomic E-state index is 13.8. The van der Waals surface area contributed by atoms with Gasteiger partial charge in [0.25, 0.3) is 5.56 Å². The third-order valence-electron chi connectivity index (χ3n) is 9.31. The van der Waals surface area contributed by atoms with E-state index in [0.29, 0.717) is 23.6 Å². The molecule has 0 amide bonds. The quantitative estimate of drug-likeness (QED) is 0.492. The van der Waals surface area contributed by atoms with E-state index in [0.717, 1.165) is 30.2 Å². The summed E-state index contributed by atoms with van der Waals surface area (Å²) in [6.07, 6.45) is 13.9. The molecule has 4 bridgehead atoms. The van der Waals surface area contributed by atoms with Crippen LogP contribution in [0.15, 0.2) is 34.2 Å². The molecular formula is C28H36N4O4. The number of aliphatic carboxylic acids is 1. The van der Waals surface area contributed by atoms with Crippen LogP contribution in [0.1, 0.15) is 82.4 Å².